The molecule has 0 aromatic heterocycles. The van der Waals surface area contributed by atoms with Gasteiger partial charge in [0.05, 0.1) is 0 Å². The fourth-order valence-electron chi connectivity index (χ4n) is 2.98. The smallest absolute Gasteiger partial charge is 0.194 e. The van der Waals surface area contributed by atoms with E-state index in [0.29, 0.717) is 11.6 Å². The van der Waals surface area contributed by atoms with E-state index in [2.05, 4.69) is 5.32 Å². The van der Waals surface area contributed by atoms with Crippen molar-refractivity contribution >= 4 is 0 Å². The number of hydrogen-bond acceptors (Lipinski definition) is 1. The van der Waals surface area contributed by atoms with Crippen LogP contribution in [-0.4, -0.2) is 12.6 Å². The van der Waals surface area contributed by atoms with Crippen LogP contribution in [0.25, 0.3) is 0 Å². The molecule has 1 N–H and O–H groups in total. The van der Waals surface area contributed by atoms with E-state index >= 15 is 0 Å². The van der Waals surface area contributed by atoms with Gasteiger partial charge in [-0.2, -0.15) is 0 Å². The molecule has 1 saturated carbocycles. The van der Waals surface area contributed by atoms with Crippen LogP contribution in [0.1, 0.15) is 38.2 Å². The maximum absolute atomic E-state index is 13.8. The Morgan fingerprint density at radius 2 is 1.89 bits per heavy atom. The second-order valence-corrected chi connectivity index (χ2v) is 4.97. The summed E-state index contributed by atoms with van der Waals surface area (Å²) in [6, 6.07) is 2.72. The van der Waals surface area contributed by atoms with Crippen LogP contribution in [0.5, 0.6) is 0 Å². The third kappa shape index (κ3) is 2.26. The van der Waals surface area contributed by atoms with E-state index in [4.69, 9.17) is 0 Å². The number of rotatable bonds is 3. The molecule has 1 aliphatic rings. The number of benzene rings is 1. The zero-order chi connectivity index (χ0) is 13.3. The molecular formula is C14H18F3N. The highest BCUT2D eigenvalue weighted by Gasteiger charge is 2.35. The fraction of sp³-hybridized carbons (Fsp3) is 0.571. The summed E-state index contributed by atoms with van der Waals surface area (Å²) in [6.07, 6.45) is 1.75. The van der Waals surface area contributed by atoms with E-state index in [1.165, 1.54) is 6.07 Å². The SMILES string of the molecule is CCNC1CCC(c2ccc(F)c(F)c2F)C1C. The molecule has 18 heavy (non-hydrogen) atoms. The predicted octanol–water partition coefficient (Wildman–Crippen LogP) is 3.60. The van der Waals surface area contributed by atoms with E-state index < -0.39 is 17.5 Å². The highest BCUT2D eigenvalue weighted by atomic mass is 19.2. The molecule has 3 atom stereocenters. The van der Waals surface area contributed by atoms with Crippen molar-refractivity contribution in [2.24, 2.45) is 5.92 Å². The Morgan fingerprint density at radius 1 is 1.17 bits per heavy atom. The second-order valence-electron chi connectivity index (χ2n) is 4.97. The molecule has 1 aliphatic carbocycles. The number of nitrogens with one attached hydrogen (secondary N) is 1. The molecule has 0 spiro atoms. The Balaban J connectivity index is 2.26. The average molecular weight is 257 g/mol. The molecule has 100 valence electrons. The van der Waals surface area contributed by atoms with Gasteiger partial charge in [-0.05, 0) is 42.9 Å². The number of halogens is 3. The molecule has 1 aromatic rings. The molecule has 1 fully saturated rings. The summed E-state index contributed by atoms with van der Waals surface area (Å²) < 4.78 is 39.9. The van der Waals surface area contributed by atoms with Gasteiger partial charge in [-0.1, -0.05) is 19.9 Å². The topological polar surface area (TPSA) is 12.0 Å². The summed E-state index contributed by atoms with van der Waals surface area (Å²) in [4.78, 5) is 0. The quantitative estimate of drug-likeness (QED) is 0.816. The second kappa shape index (κ2) is 5.31. The third-order valence-electron chi connectivity index (χ3n) is 3.99. The van der Waals surface area contributed by atoms with Gasteiger partial charge in [-0.15, -0.1) is 0 Å². The molecule has 1 aromatic carbocycles. The van der Waals surface area contributed by atoms with Crippen LogP contribution in [0.15, 0.2) is 12.1 Å². The van der Waals surface area contributed by atoms with E-state index in [0.717, 1.165) is 25.5 Å². The minimum Gasteiger partial charge on any atom is -0.314 e. The van der Waals surface area contributed by atoms with Crippen LogP contribution in [-0.2, 0) is 0 Å². The lowest BCUT2D eigenvalue weighted by molar-refractivity contribution is 0.392. The Kier molecular flexibility index (Phi) is 3.95. The molecule has 0 saturated heterocycles. The normalized spacial score (nSPS) is 27.7. The molecule has 3 unspecified atom stereocenters. The third-order valence-corrected chi connectivity index (χ3v) is 3.99. The molecule has 0 bridgehead atoms. The highest BCUT2D eigenvalue weighted by molar-refractivity contribution is 5.26. The lowest BCUT2D eigenvalue weighted by atomic mass is 9.88. The van der Waals surface area contributed by atoms with Crippen LogP contribution < -0.4 is 5.32 Å². The van der Waals surface area contributed by atoms with Gasteiger partial charge in [0.1, 0.15) is 0 Å². The summed E-state index contributed by atoms with van der Waals surface area (Å²) >= 11 is 0. The van der Waals surface area contributed by atoms with Gasteiger partial charge in [0.25, 0.3) is 0 Å². The van der Waals surface area contributed by atoms with Gasteiger partial charge >= 0.3 is 0 Å². The summed E-state index contributed by atoms with van der Waals surface area (Å²) in [7, 11) is 0. The monoisotopic (exact) mass is 257 g/mol. The zero-order valence-electron chi connectivity index (χ0n) is 10.6. The van der Waals surface area contributed by atoms with Crippen molar-refractivity contribution in [2.75, 3.05) is 6.54 Å². The summed E-state index contributed by atoms with van der Waals surface area (Å²) in [5.74, 6) is -3.31. The van der Waals surface area contributed by atoms with Crippen LogP contribution >= 0.6 is 0 Å². The highest BCUT2D eigenvalue weighted by Crippen LogP contribution is 2.41. The zero-order valence-corrected chi connectivity index (χ0v) is 10.6. The van der Waals surface area contributed by atoms with Gasteiger partial charge in [0.15, 0.2) is 17.5 Å². The molecule has 0 aliphatic heterocycles. The van der Waals surface area contributed by atoms with E-state index in [1.54, 1.807) is 0 Å². The molecule has 2 rings (SSSR count). The van der Waals surface area contributed by atoms with Gasteiger partial charge in [0, 0.05) is 6.04 Å². The van der Waals surface area contributed by atoms with Crippen LogP contribution in [0, 0.1) is 23.4 Å². The molecule has 1 nitrogen and oxygen atoms in total. The van der Waals surface area contributed by atoms with Crippen molar-refractivity contribution in [2.45, 2.75) is 38.6 Å². The van der Waals surface area contributed by atoms with Crippen molar-refractivity contribution in [3.8, 4) is 0 Å². The molecular weight excluding hydrogens is 239 g/mol. The fourth-order valence-corrected chi connectivity index (χ4v) is 2.98. The van der Waals surface area contributed by atoms with Gasteiger partial charge in [-0.25, -0.2) is 13.2 Å². The lowest BCUT2D eigenvalue weighted by Gasteiger charge is -2.22. The Morgan fingerprint density at radius 3 is 2.56 bits per heavy atom. The summed E-state index contributed by atoms with van der Waals surface area (Å²) in [5.41, 5.74) is 0.307. The van der Waals surface area contributed by atoms with E-state index in [1.807, 2.05) is 13.8 Å². The molecule has 0 heterocycles. The maximum Gasteiger partial charge on any atom is 0.194 e. The summed E-state index contributed by atoms with van der Waals surface area (Å²) in [6.45, 7) is 4.92. The van der Waals surface area contributed by atoms with Crippen molar-refractivity contribution < 1.29 is 13.2 Å². The largest absolute Gasteiger partial charge is 0.314 e. The minimum atomic E-state index is -1.35. The first kappa shape index (κ1) is 13.4. The first-order valence-corrected chi connectivity index (χ1v) is 6.43. The van der Waals surface area contributed by atoms with Crippen molar-refractivity contribution in [1.29, 1.82) is 0 Å². The lowest BCUT2D eigenvalue weighted by Crippen LogP contribution is -2.32. The molecule has 0 amide bonds. The Hall–Kier alpha value is -1.03. The molecule has 4 heteroatoms. The minimum absolute atomic E-state index is 0.0378. The van der Waals surface area contributed by atoms with E-state index in [9.17, 15) is 13.2 Å². The first-order chi connectivity index (χ1) is 8.56. The van der Waals surface area contributed by atoms with Crippen LogP contribution in [0.3, 0.4) is 0 Å². The van der Waals surface area contributed by atoms with Crippen molar-refractivity contribution in [3.63, 3.8) is 0 Å². The predicted molar refractivity (Wildman–Crippen MR) is 64.9 cm³/mol. The summed E-state index contributed by atoms with van der Waals surface area (Å²) in [5, 5.41) is 3.35. The molecule has 0 radical (unpaired) electrons. The maximum atomic E-state index is 13.8. The van der Waals surface area contributed by atoms with Gasteiger partial charge in [-0.3, -0.25) is 0 Å². The van der Waals surface area contributed by atoms with Crippen LogP contribution in [0.4, 0.5) is 13.2 Å². The first-order valence-electron chi connectivity index (χ1n) is 6.43. The Bertz CT molecular complexity index is 433. The van der Waals surface area contributed by atoms with Crippen LogP contribution in [0.2, 0.25) is 0 Å². The van der Waals surface area contributed by atoms with Gasteiger partial charge < -0.3 is 5.32 Å². The standard InChI is InChI=1S/C14H18F3N/c1-3-18-12-7-5-9(8(12)2)10-4-6-11(15)14(17)13(10)16/h4,6,8-9,12,18H,3,5,7H2,1-2H3. The van der Waals surface area contributed by atoms with Gasteiger partial charge in [0.2, 0.25) is 0 Å². The Labute approximate surface area is 105 Å². The van der Waals surface area contributed by atoms with Crippen molar-refractivity contribution in [3.05, 3.63) is 35.1 Å². The van der Waals surface area contributed by atoms with Crippen molar-refractivity contribution in [1.82, 2.24) is 5.32 Å². The number of hydrogen-bond donors (Lipinski definition) is 1. The average Bonchev–Trinajstić information content (AvgIpc) is 2.70. The van der Waals surface area contributed by atoms with E-state index in [-0.39, 0.29) is 11.8 Å².